The van der Waals surface area contributed by atoms with Gasteiger partial charge in [-0.1, -0.05) is 0 Å². The van der Waals surface area contributed by atoms with E-state index in [2.05, 4.69) is 32.8 Å². The quantitative estimate of drug-likeness (QED) is 0.566. The van der Waals surface area contributed by atoms with Crippen LogP contribution in [-0.2, 0) is 9.47 Å². The van der Waals surface area contributed by atoms with Crippen molar-refractivity contribution in [2.24, 2.45) is 0 Å². The van der Waals surface area contributed by atoms with Crippen LogP contribution in [0.25, 0.3) is 0 Å². The molecule has 4 aliphatic heterocycles. The summed E-state index contributed by atoms with van der Waals surface area (Å²) in [5, 5.41) is 10.2. The monoisotopic (exact) mass is 390 g/mol. The number of hydrogen-bond acceptors (Lipinski definition) is 6. The van der Waals surface area contributed by atoms with E-state index >= 15 is 0 Å². The molecule has 4 N–H and O–H groups in total. The number of carbonyl (C=O) groups is 1. The zero-order valence-corrected chi connectivity index (χ0v) is 16.3. The summed E-state index contributed by atoms with van der Waals surface area (Å²) in [5.41, 5.74) is 0. The highest BCUT2D eigenvalue weighted by Crippen LogP contribution is 2.34. The van der Waals surface area contributed by atoms with Gasteiger partial charge in [0.2, 0.25) is 0 Å². The Morgan fingerprint density at radius 1 is 1.25 bits per heavy atom. The molecule has 1 aromatic heterocycles. The van der Waals surface area contributed by atoms with Gasteiger partial charge in [0.1, 0.15) is 18.2 Å². The van der Waals surface area contributed by atoms with E-state index in [0.29, 0.717) is 6.61 Å². The van der Waals surface area contributed by atoms with Gasteiger partial charge in [-0.25, -0.2) is 9.78 Å². The molecule has 2 amide bonds. The molecule has 1 aromatic rings. The molecular formula is C19H30N6O3. The molecule has 4 aliphatic rings. The standard InChI is InChI=1S/C19H30N6O3/c1-11-3-2-10-27-13-6-7-20-17-15(13)25(19(26)24-17)14-5-4-12(18(23-14)28-11)16-21-8-9-22-16/h8-9,11-15,17-18,20,23H,2-7,10H2,1H3,(H,21,22)(H,24,26). The molecule has 5 heterocycles. The molecule has 2 bridgehead atoms. The average Bonchev–Trinajstić information content (AvgIpc) is 3.32. The first-order chi connectivity index (χ1) is 13.7. The number of nitrogens with one attached hydrogen (secondary N) is 4. The lowest BCUT2D eigenvalue weighted by Gasteiger charge is -2.45. The lowest BCUT2D eigenvalue weighted by Crippen LogP contribution is -2.64. The number of amides is 2. The molecule has 0 spiro atoms. The number of carbonyl (C=O) groups excluding carboxylic acids is 1. The Morgan fingerprint density at radius 2 is 2.18 bits per heavy atom. The first kappa shape index (κ1) is 18.4. The molecule has 0 saturated carbocycles. The van der Waals surface area contributed by atoms with E-state index in [0.717, 1.165) is 44.5 Å². The summed E-state index contributed by atoms with van der Waals surface area (Å²) in [6, 6.07) is -0.0350. The molecule has 28 heavy (non-hydrogen) atoms. The molecule has 5 rings (SSSR count). The summed E-state index contributed by atoms with van der Waals surface area (Å²) >= 11 is 0. The molecular weight excluding hydrogens is 360 g/mol. The van der Waals surface area contributed by atoms with Gasteiger partial charge in [-0.2, -0.15) is 0 Å². The lowest BCUT2D eigenvalue weighted by atomic mass is 9.92. The zero-order valence-electron chi connectivity index (χ0n) is 16.3. The Kier molecular flexibility index (Phi) is 5.00. The van der Waals surface area contributed by atoms with Gasteiger partial charge in [0.05, 0.1) is 30.3 Å². The number of aromatic nitrogens is 2. The maximum atomic E-state index is 12.9. The van der Waals surface area contributed by atoms with E-state index < -0.39 is 0 Å². The van der Waals surface area contributed by atoms with E-state index in [1.54, 1.807) is 6.20 Å². The third-order valence-corrected chi connectivity index (χ3v) is 6.50. The van der Waals surface area contributed by atoms with Crippen molar-refractivity contribution < 1.29 is 14.3 Å². The summed E-state index contributed by atoms with van der Waals surface area (Å²) in [7, 11) is 0. The Labute approximate surface area is 164 Å². The third kappa shape index (κ3) is 3.30. The number of imidazole rings is 1. The van der Waals surface area contributed by atoms with Gasteiger partial charge in [0.25, 0.3) is 0 Å². The van der Waals surface area contributed by atoms with E-state index in [1.807, 2.05) is 11.1 Å². The fraction of sp³-hybridized carbons (Fsp3) is 0.789. The van der Waals surface area contributed by atoms with Crippen molar-refractivity contribution in [3.8, 4) is 0 Å². The minimum atomic E-state index is -0.179. The molecule has 7 atom stereocenters. The lowest BCUT2D eigenvalue weighted by molar-refractivity contribution is -0.0991. The van der Waals surface area contributed by atoms with Crippen LogP contribution in [0.4, 0.5) is 4.79 Å². The Balaban J connectivity index is 1.44. The highest BCUT2D eigenvalue weighted by atomic mass is 16.5. The van der Waals surface area contributed by atoms with Crippen molar-refractivity contribution in [2.75, 3.05) is 13.2 Å². The van der Waals surface area contributed by atoms with Crippen molar-refractivity contribution >= 4 is 6.03 Å². The number of ether oxygens (including phenoxy) is 2. The SMILES string of the molecule is CC1CCCOC2CCNC3NC(=O)N(C4CCC(c5ncc[nH]5)C(N4)O1)C32. The predicted octanol–water partition coefficient (Wildman–Crippen LogP) is 0.826. The van der Waals surface area contributed by atoms with Gasteiger partial charge < -0.3 is 24.7 Å². The first-order valence-corrected chi connectivity index (χ1v) is 10.6. The van der Waals surface area contributed by atoms with E-state index in [4.69, 9.17) is 9.47 Å². The summed E-state index contributed by atoms with van der Waals surface area (Å²) < 4.78 is 12.6. The number of aromatic amines is 1. The van der Waals surface area contributed by atoms with Crippen molar-refractivity contribution in [2.45, 2.75) is 81.8 Å². The van der Waals surface area contributed by atoms with Crippen molar-refractivity contribution in [1.29, 1.82) is 0 Å². The topological polar surface area (TPSA) is 104 Å². The first-order valence-electron chi connectivity index (χ1n) is 10.6. The Hall–Kier alpha value is -1.68. The van der Waals surface area contributed by atoms with Gasteiger partial charge >= 0.3 is 6.03 Å². The van der Waals surface area contributed by atoms with Crippen LogP contribution in [0.5, 0.6) is 0 Å². The molecule has 0 radical (unpaired) electrons. The molecule has 4 fully saturated rings. The molecule has 4 saturated heterocycles. The smallest absolute Gasteiger partial charge is 0.320 e. The van der Waals surface area contributed by atoms with E-state index in [1.165, 1.54) is 0 Å². The van der Waals surface area contributed by atoms with Gasteiger partial charge in [-0.05, 0) is 45.6 Å². The number of rotatable bonds is 1. The summed E-state index contributed by atoms with van der Waals surface area (Å²) in [5.74, 6) is 1.09. The highest BCUT2D eigenvalue weighted by molar-refractivity contribution is 5.78. The van der Waals surface area contributed by atoms with Crippen molar-refractivity contribution in [3.05, 3.63) is 18.2 Å². The molecule has 7 unspecified atom stereocenters. The van der Waals surface area contributed by atoms with Crippen LogP contribution < -0.4 is 16.0 Å². The fourth-order valence-electron chi connectivity index (χ4n) is 5.15. The van der Waals surface area contributed by atoms with Crippen molar-refractivity contribution in [1.82, 2.24) is 30.8 Å². The van der Waals surface area contributed by atoms with Crippen LogP contribution in [0.2, 0.25) is 0 Å². The second-order valence-corrected chi connectivity index (χ2v) is 8.33. The molecule has 9 nitrogen and oxygen atoms in total. The van der Waals surface area contributed by atoms with Crippen LogP contribution in [-0.4, -0.2) is 70.9 Å². The zero-order chi connectivity index (χ0) is 19.1. The van der Waals surface area contributed by atoms with Gasteiger partial charge in [0.15, 0.2) is 0 Å². The largest absolute Gasteiger partial charge is 0.376 e. The Bertz CT molecular complexity index is 685. The number of hydrogen-bond donors (Lipinski definition) is 4. The van der Waals surface area contributed by atoms with Gasteiger partial charge in [-0.3, -0.25) is 10.6 Å². The fourth-order valence-corrected chi connectivity index (χ4v) is 5.15. The summed E-state index contributed by atoms with van der Waals surface area (Å²) in [4.78, 5) is 22.5. The summed E-state index contributed by atoms with van der Waals surface area (Å²) in [6.45, 7) is 3.68. The maximum Gasteiger partial charge on any atom is 0.320 e. The second kappa shape index (κ2) is 7.62. The minimum Gasteiger partial charge on any atom is -0.376 e. The number of urea groups is 1. The highest BCUT2D eigenvalue weighted by Gasteiger charge is 2.51. The van der Waals surface area contributed by atoms with E-state index in [9.17, 15) is 4.79 Å². The van der Waals surface area contributed by atoms with E-state index in [-0.39, 0.29) is 48.8 Å². The Morgan fingerprint density at radius 3 is 3.04 bits per heavy atom. The van der Waals surface area contributed by atoms with Gasteiger partial charge in [0, 0.05) is 19.0 Å². The van der Waals surface area contributed by atoms with Crippen LogP contribution in [0.1, 0.15) is 50.8 Å². The summed E-state index contributed by atoms with van der Waals surface area (Å²) in [6.07, 6.45) is 8.07. The second-order valence-electron chi connectivity index (χ2n) is 8.33. The average molecular weight is 390 g/mol. The maximum absolute atomic E-state index is 12.9. The van der Waals surface area contributed by atoms with Crippen LogP contribution in [0.3, 0.4) is 0 Å². The van der Waals surface area contributed by atoms with Gasteiger partial charge in [-0.15, -0.1) is 0 Å². The van der Waals surface area contributed by atoms with Crippen LogP contribution in [0, 0.1) is 0 Å². The molecule has 9 heteroatoms. The molecule has 0 aromatic carbocycles. The number of fused-ring (bicyclic) bond motifs is 3. The molecule has 0 aliphatic carbocycles. The number of H-pyrrole nitrogens is 1. The third-order valence-electron chi connectivity index (χ3n) is 6.50. The normalized spacial score (nSPS) is 41.5. The van der Waals surface area contributed by atoms with Crippen LogP contribution in [0.15, 0.2) is 12.4 Å². The number of piperidine rings is 2. The van der Waals surface area contributed by atoms with Crippen molar-refractivity contribution in [3.63, 3.8) is 0 Å². The minimum absolute atomic E-state index is 0.00332. The van der Waals surface area contributed by atoms with Crippen LogP contribution >= 0.6 is 0 Å². The predicted molar refractivity (Wildman–Crippen MR) is 101 cm³/mol. The number of nitrogens with zero attached hydrogens (tertiary/aromatic N) is 2. The molecule has 154 valence electrons.